The van der Waals surface area contributed by atoms with E-state index in [0.717, 1.165) is 0 Å². The molecular formula is C13H18N2O6S. The van der Waals surface area contributed by atoms with Crippen LogP contribution in [0.1, 0.15) is 17.3 Å². The number of benzene rings is 1. The normalized spacial score (nSPS) is 12.6. The monoisotopic (exact) mass is 330 g/mol. The van der Waals surface area contributed by atoms with Crippen LogP contribution in [-0.2, 0) is 19.6 Å². The Hall–Kier alpha value is -1.97. The lowest BCUT2D eigenvalue weighted by Gasteiger charge is -2.11. The number of amides is 1. The van der Waals surface area contributed by atoms with Gasteiger partial charge in [-0.15, -0.1) is 0 Å². The minimum atomic E-state index is -4.02. The van der Waals surface area contributed by atoms with E-state index < -0.39 is 27.9 Å². The van der Waals surface area contributed by atoms with E-state index in [9.17, 15) is 18.0 Å². The number of sulfonamides is 1. The van der Waals surface area contributed by atoms with E-state index in [1.54, 1.807) is 0 Å². The zero-order valence-electron chi connectivity index (χ0n) is 12.2. The van der Waals surface area contributed by atoms with Gasteiger partial charge in [-0.05, 0) is 25.1 Å². The smallest absolute Gasteiger partial charge is 0.321 e. The Morgan fingerprint density at radius 1 is 1.36 bits per heavy atom. The number of hydrogen-bond donors (Lipinski definition) is 3. The molecule has 0 aliphatic heterocycles. The number of aliphatic carboxylic acids is 1. The third-order valence-corrected chi connectivity index (χ3v) is 4.24. The molecule has 0 fully saturated rings. The molecule has 0 saturated heterocycles. The second-order valence-electron chi connectivity index (χ2n) is 4.46. The summed E-state index contributed by atoms with van der Waals surface area (Å²) in [5.74, 6) is -1.74. The van der Waals surface area contributed by atoms with Gasteiger partial charge in [-0.3, -0.25) is 9.59 Å². The predicted octanol–water partition coefficient (Wildman–Crippen LogP) is -0.186. The summed E-state index contributed by atoms with van der Waals surface area (Å²) in [6.07, 6.45) is 0. The van der Waals surface area contributed by atoms with Gasteiger partial charge in [0.25, 0.3) is 5.91 Å². The van der Waals surface area contributed by atoms with Crippen LogP contribution in [0.4, 0.5) is 0 Å². The summed E-state index contributed by atoms with van der Waals surface area (Å²) in [7, 11) is -2.53. The molecule has 0 aliphatic carbocycles. The maximum absolute atomic E-state index is 12.1. The van der Waals surface area contributed by atoms with Crippen molar-refractivity contribution in [2.75, 3.05) is 20.3 Å². The first-order chi connectivity index (χ1) is 10.3. The molecule has 1 aromatic rings. The second-order valence-corrected chi connectivity index (χ2v) is 6.17. The zero-order valence-corrected chi connectivity index (χ0v) is 13.0. The highest BCUT2D eigenvalue weighted by atomic mass is 32.2. The SMILES string of the molecule is COCCNC(=O)c1cccc(S(=O)(=O)NC(C)C(=O)O)c1. The minimum absolute atomic E-state index is 0.155. The van der Waals surface area contributed by atoms with Gasteiger partial charge in [0.05, 0.1) is 11.5 Å². The molecule has 8 nitrogen and oxygen atoms in total. The number of hydrogen-bond acceptors (Lipinski definition) is 5. The standard InChI is InChI=1S/C13H18N2O6S/c1-9(13(17)18)15-22(19,20)11-5-3-4-10(8-11)12(16)14-6-7-21-2/h3-5,8-9,15H,6-7H2,1-2H3,(H,14,16)(H,17,18). The summed E-state index contributed by atoms with van der Waals surface area (Å²) in [5, 5.41) is 11.3. The van der Waals surface area contributed by atoms with Crippen molar-refractivity contribution in [2.24, 2.45) is 0 Å². The molecule has 0 radical (unpaired) electrons. The van der Waals surface area contributed by atoms with Crippen molar-refractivity contribution in [3.8, 4) is 0 Å². The van der Waals surface area contributed by atoms with Crippen molar-refractivity contribution in [3.05, 3.63) is 29.8 Å². The third kappa shape index (κ3) is 5.10. The fourth-order valence-corrected chi connectivity index (χ4v) is 2.77. The summed E-state index contributed by atoms with van der Waals surface area (Å²) in [5.41, 5.74) is 0.155. The van der Waals surface area contributed by atoms with Gasteiger partial charge in [-0.25, -0.2) is 8.42 Å². The highest BCUT2D eigenvalue weighted by Gasteiger charge is 2.22. The van der Waals surface area contributed by atoms with Gasteiger partial charge in [0, 0.05) is 19.2 Å². The van der Waals surface area contributed by atoms with Crippen molar-refractivity contribution in [1.29, 1.82) is 0 Å². The summed E-state index contributed by atoms with van der Waals surface area (Å²) in [4.78, 5) is 22.4. The van der Waals surface area contributed by atoms with Crippen LogP contribution in [0.2, 0.25) is 0 Å². The highest BCUT2D eigenvalue weighted by Crippen LogP contribution is 2.12. The third-order valence-electron chi connectivity index (χ3n) is 2.70. The molecule has 1 unspecified atom stereocenters. The molecule has 22 heavy (non-hydrogen) atoms. The lowest BCUT2D eigenvalue weighted by atomic mass is 10.2. The van der Waals surface area contributed by atoms with Gasteiger partial charge in [-0.1, -0.05) is 6.07 Å². The number of rotatable bonds is 8. The Bertz CT molecular complexity index is 644. The largest absolute Gasteiger partial charge is 0.480 e. The summed E-state index contributed by atoms with van der Waals surface area (Å²) in [6.45, 7) is 1.84. The molecule has 0 bridgehead atoms. The topological polar surface area (TPSA) is 122 Å². The highest BCUT2D eigenvalue weighted by molar-refractivity contribution is 7.89. The first kappa shape index (κ1) is 18.1. The summed E-state index contributed by atoms with van der Waals surface area (Å²) in [6, 6.07) is 4.05. The Morgan fingerprint density at radius 2 is 2.05 bits per heavy atom. The van der Waals surface area contributed by atoms with E-state index in [0.29, 0.717) is 13.2 Å². The Kier molecular flexibility index (Phi) is 6.47. The van der Waals surface area contributed by atoms with Gasteiger partial charge in [0.15, 0.2) is 0 Å². The van der Waals surface area contributed by atoms with E-state index in [-0.39, 0.29) is 10.5 Å². The molecule has 1 amide bonds. The molecular weight excluding hydrogens is 312 g/mol. The van der Waals surface area contributed by atoms with Crippen LogP contribution in [0.3, 0.4) is 0 Å². The molecule has 0 spiro atoms. The first-order valence-corrected chi connectivity index (χ1v) is 7.88. The fraction of sp³-hybridized carbons (Fsp3) is 0.385. The van der Waals surface area contributed by atoms with Crippen LogP contribution in [-0.4, -0.2) is 51.7 Å². The number of ether oxygens (including phenoxy) is 1. The number of carbonyl (C=O) groups is 2. The molecule has 122 valence electrons. The molecule has 1 rings (SSSR count). The van der Waals surface area contributed by atoms with Crippen LogP contribution in [0.15, 0.2) is 29.2 Å². The molecule has 3 N–H and O–H groups in total. The molecule has 0 aliphatic rings. The van der Waals surface area contributed by atoms with E-state index in [2.05, 4.69) is 5.32 Å². The van der Waals surface area contributed by atoms with Crippen molar-refractivity contribution >= 4 is 21.9 Å². The van der Waals surface area contributed by atoms with Crippen molar-refractivity contribution in [2.45, 2.75) is 17.9 Å². The number of methoxy groups -OCH3 is 1. The van der Waals surface area contributed by atoms with Crippen LogP contribution in [0.25, 0.3) is 0 Å². The lowest BCUT2D eigenvalue weighted by molar-refractivity contribution is -0.138. The van der Waals surface area contributed by atoms with E-state index in [1.807, 2.05) is 4.72 Å². The van der Waals surface area contributed by atoms with Gasteiger partial charge in [-0.2, -0.15) is 4.72 Å². The molecule has 0 aromatic heterocycles. The quantitative estimate of drug-likeness (QED) is 0.568. The average Bonchev–Trinajstić information content (AvgIpc) is 2.47. The Labute approximate surface area is 128 Å². The zero-order chi connectivity index (χ0) is 16.8. The predicted molar refractivity (Wildman–Crippen MR) is 78.1 cm³/mol. The van der Waals surface area contributed by atoms with Gasteiger partial charge in [0.2, 0.25) is 10.0 Å². The van der Waals surface area contributed by atoms with Crippen LogP contribution in [0.5, 0.6) is 0 Å². The van der Waals surface area contributed by atoms with Crippen molar-refractivity contribution in [3.63, 3.8) is 0 Å². The van der Waals surface area contributed by atoms with Crippen LogP contribution >= 0.6 is 0 Å². The summed E-state index contributed by atoms with van der Waals surface area (Å²) >= 11 is 0. The first-order valence-electron chi connectivity index (χ1n) is 6.40. The fourth-order valence-electron chi connectivity index (χ4n) is 1.52. The maximum Gasteiger partial charge on any atom is 0.321 e. The molecule has 1 aromatic carbocycles. The average molecular weight is 330 g/mol. The number of carboxylic acids is 1. The van der Waals surface area contributed by atoms with Gasteiger partial charge in [0.1, 0.15) is 6.04 Å². The number of nitrogens with one attached hydrogen (secondary N) is 2. The molecule has 1 atom stereocenters. The van der Waals surface area contributed by atoms with Gasteiger partial charge < -0.3 is 15.2 Å². The van der Waals surface area contributed by atoms with Crippen LogP contribution < -0.4 is 10.0 Å². The molecule has 0 heterocycles. The lowest BCUT2D eigenvalue weighted by Crippen LogP contribution is -2.38. The van der Waals surface area contributed by atoms with Gasteiger partial charge >= 0.3 is 5.97 Å². The second kappa shape index (κ2) is 7.87. The maximum atomic E-state index is 12.1. The molecule has 0 saturated carbocycles. The number of carboxylic acid groups (broad SMARTS) is 1. The number of carbonyl (C=O) groups excluding carboxylic acids is 1. The Morgan fingerprint density at radius 3 is 2.64 bits per heavy atom. The molecule has 9 heteroatoms. The summed E-state index contributed by atoms with van der Waals surface area (Å²) < 4.78 is 30.9. The van der Waals surface area contributed by atoms with Crippen molar-refractivity contribution < 1.29 is 27.9 Å². The van der Waals surface area contributed by atoms with E-state index in [1.165, 1.54) is 38.3 Å². The van der Waals surface area contributed by atoms with E-state index in [4.69, 9.17) is 9.84 Å². The Balaban J connectivity index is 2.91. The van der Waals surface area contributed by atoms with Crippen LogP contribution in [0, 0.1) is 0 Å². The van der Waals surface area contributed by atoms with Crippen molar-refractivity contribution in [1.82, 2.24) is 10.0 Å². The van der Waals surface area contributed by atoms with E-state index >= 15 is 0 Å². The minimum Gasteiger partial charge on any atom is -0.480 e.